The fourth-order valence-electron chi connectivity index (χ4n) is 12.3. The molecule has 0 unspecified atom stereocenters. The number of hydrogen-bond donors (Lipinski definition) is 5. The number of nitrogens with one attached hydrogen (secondary N) is 2. The molecule has 10 rings (SSSR count). The zero-order valence-electron chi connectivity index (χ0n) is 57.3. The molecular weight excluding hydrogens is 1400 g/mol. The van der Waals surface area contributed by atoms with E-state index in [2.05, 4.69) is 36.9 Å². The van der Waals surface area contributed by atoms with Gasteiger partial charge in [-0.2, -0.15) is 0 Å². The minimum atomic E-state index is -1.35. The summed E-state index contributed by atoms with van der Waals surface area (Å²) in [6, 6.07) is 11.1. The van der Waals surface area contributed by atoms with Crippen molar-refractivity contribution >= 4 is 148 Å². The predicted octanol–water partition coefficient (Wildman–Crippen LogP) is 5.36. The number of carboxylic acids is 4. The molecule has 4 aliphatic heterocycles. The molecule has 0 atom stereocenters. The molecule has 16 bridgehead atoms. The van der Waals surface area contributed by atoms with E-state index in [9.17, 15) is 49.2 Å². The van der Waals surface area contributed by atoms with Gasteiger partial charge in [0.1, 0.15) is 6.54 Å². The van der Waals surface area contributed by atoms with Gasteiger partial charge in [0.15, 0.2) is 0 Å². The van der Waals surface area contributed by atoms with Crippen LogP contribution in [0.1, 0.15) is 156 Å². The van der Waals surface area contributed by atoms with Crippen molar-refractivity contribution in [3.63, 3.8) is 0 Å². The van der Waals surface area contributed by atoms with Crippen LogP contribution in [-0.2, 0) is 84.6 Å². The fourth-order valence-corrected chi connectivity index (χ4v) is 12.3. The van der Waals surface area contributed by atoms with E-state index >= 15 is 0 Å². The van der Waals surface area contributed by atoms with E-state index in [-0.39, 0.29) is 114 Å². The van der Waals surface area contributed by atoms with Gasteiger partial charge in [0.2, 0.25) is 0 Å². The summed E-state index contributed by atoms with van der Waals surface area (Å²) in [5, 5.41) is 46.5. The van der Waals surface area contributed by atoms with Crippen LogP contribution in [0.5, 0.6) is 0 Å². The second-order valence-corrected chi connectivity index (χ2v) is 23.3. The third-order valence-electron chi connectivity index (χ3n) is 17.6. The number of aliphatic carboxylic acids is 4. The molecule has 0 saturated heterocycles. The third-order valence-corrected chi connectivity index (χ3v) is 17.6. The van der Waals surface area contributed by atoms with E-state index in [1.54, 1.807) is 36.4 Å². The molecule has 0 spiro atoms. The third kappa shape index (κ3) is 17.0. The Bertz CT molecular complexity index is 4890. The van der Waals surface area contributed by atoms with Gasteiger partial charge in [-0.25, -0.2) is 19.9 Å². The number of hydrogen-bond acceptors (Lipinski definition) is 15. The molecule has 0 aliphatic carbocycles. The van der Waals surface area contributed by atoms with Gasteiger partial charge >= 0.3 is 93.0 Å². The van der Waals surface area contributed by atoms with Gasteiger partial charge in [-0.15, -0.1) is 44.1 Å². The number of ether oxygens (including phenoxy) is 2. The Morgan fingerprint density at radius 2 is 0.870 bits per heavy atom. The Hall–Kier alpha value is -9.12. The first-order valence-electron chi connectivity index (χ1n) is 30.9. The summed E-state index contributed by atoms with van der Waals surface area (Å²) in [4.78, 5) is 111. The molecule has 26 heteroatoms. The molecule has 0 fully saturated rings. The number of carboxylic acid groups (broad SMARTS) is 4. The SMILES string of the molecule is C=CC1=C(C)c2cc3[n-]c(c(C)c3C=C)c(NCC(=O)[O-])c3nc(cc4[n-]c(c(C)c4CCC(=O)OC)c(NCC(=O)O)c1n2)C(CCC(=O)OC)=C3C.C=CC1=C(C)c2cc3[n-]c(cc4nc(cc5[n-]c(cc1n2)c(C)c5CCC(=O)O)C(CCC(=O)O)=C4C)c(C)c3C=C.[Cl-].[Co+2].[Co+2].[Na+]. The molecule has 100 heavy (non-hydrogen) atoms. The molecule has 518 valence electrons. The molecule has 22 nitrogen and oxygen atoms in total. The minimum Gasteiger partial charge on any atom is -1.00 e. The van der Waals surface area contributed by atoms with Crippen LogP contribution in [0.15, 0.2) is 74.9 Å². The number of carbonyl (C=O) groups excluding carboxylic acids is 3. The van der Waals surface area contributed by atoms with Crippen molar-refractivity contribution in [2.45, 2.75) is 107 Å². The van der Waals surface area contributed by atoms with Crippen molar-refractivity contribution in [1.82, 2.24) is 39.9 Å². The summed E-state index contributed by atoms with van der Waals surface area (Å²) in [5.74, 6) is -5.12. The van der Waals surface area contributed by atoms with Gasteiger partial charge in [-0.3, -0.25) is 24.0 Å². The Morgan fingerprint density at radius 1 is 0.460 bits per heavy atom. The first kappa shape index (κ1) is 81.6. The van der Waals surface area contributed by atoms with Gasteiger partial charge < -0.3 is 77.7 Å². The number of esters is 2. The van der Waals surface area contributed by atoms with Gasteiger partial charge in [-0.1, -0.05) is 120 Å². The van der Waals surface area contributed by atoms with Crippen LogP contribution in [0.2, 0.25) is 0 Å². The van der Waals surface area contributed by atoms with Crippen molar-refractivity contribution in [3.8, 4) is 0 Å². The van der Waals surface area contributed by atoms with Gasteiger partial charge in [0, 0.05) is 48.2 Å². The molecule has 10 heterocycles. The second kappa shape index (κ2) is 34.8. The number of carbonyl (C=O) groups is 6. The van der Waals surface area contributed by atoms with E-state index in [1.165, 1.54) is 14.2 Å². The first-order valence-corrected chi connectivity index (χ1v) is 30.9. The molecule has 0 aromatic carbocycles. The topological polar surface area (TPSA) is 337 Å². The summed E-state index contributed by atoms with van der Waals surface area (Å²) in [6.07, 6.45) is 7.85. The maximum absolute atomic E-state index is 12.4. The van der Waals surface area contributed by atoms with E-state index in [4.69, 9.17) is 49.3 Å². The number of halogens is 1. The number of nitrogens with zero attached hydrogens (tertiary/aromatic N) is 8. The Kier molecular flexibility index (Phi) is 28.4. The summed E-state index contributed by atoms with van der Waals surface area (Å²) in [7, 11) is 2.61. The monoisotopic (exact) mass is 1470 g/mol. The number of rotatable bonds is 22. The molecule has 6 aromatic rings. The van der Waals surface area contributed by atoms with E-state index in [1.807, 2.05) is 79.7 Å². The number of aryl methyl sites for hydroxylation is 6. The summed E-state index contributed by atoms with van der Waals surface area (Å²) < 4.78 is 9.88. The summed E-state index contributed by atoms with van der Waals surface area (Å²) >= 11 is 0. The summed E-state index contributed by atoms with van der Waals surface area (Å²) in [5.41, 5.74) is 22.2. The quantitative estimate of drug-likeness (QED) is 0.0422. The molecule has 0 saturated carbocycles. The second-order valence-electron chi connectivity index (χ2n) is 23.3. The Morgan fingerprint density at radius 3 is 1.46 bits per heavy atom. The standard InChI is InChI=1S/C40H44N6O8.C34H34N4O4.ClH.2Co.Na/c1-9-23-20(4)35-39(41-17-31(47)48)36-21(5)25(11-13-33(51)53-7)29(45-36)16-30-26(12-14-34(52)54-8)22(6)37(46-30)40(42-18-32(49)50)38-24(10-2)19(3)27(43-38)15-28(23)44-35;1-7-21-17(3)25-13-26-19(5)23(9-11-33(39)40)31(37-26)16-32-24(10-12-34(41)42)20(6)28(38-32)15-30-22(8-2)18(4)27(36-30)14-29(21)35-25;;;;/h9-10,15-16H,1-2,11-14,17-18H2,3-8H3,(H6,41,42,43,44,45,46,47,48,49,50);7-8,13-16H,1-2,9-12H2,3-6H3,(H4,35,36,37,38,39,40,41,42);1H;;;/q;;;2*+2;+1/p-6. The van der Waals surface area contributed by atoms with Gasteiger partial charge in [-0.05, 0) is 126 Å². The zero-order chi connectivity index (χ0) is 69.7. The molecule has 6 aromatic heterocycles. The minimum absolute atomic E-state index is 0. The predicted molar refractivity (Wildman–Crippen MR) is 371 cm³/mol. The number of aromatic nitrogens is 8. The van der Waals surface area contributed by atoms with E-state index < -0.39 is 48.9 Å². The van der Waals surface area contributed by atoms with Crippen molar-refractivity contribution in [1.29, 1.82) is 0 Å². The smallest absolute Gasteiger partial charge is 1.00 e. The molecule has 5 N–H and O–H groups in total. The van der Waals surface area contributed by atoms with Crippen LogP contribution < -0.4 is 77.6 Å². The average Bonchev–Trinajstić information content (AvgIpc) is 1.58. The number of fused-ring (bicyclic) bond motifs is 16. The van der Waals surface area contributed by atoms with Crippen molar-refractivity contribution in [2.24, 2.45) is 0 Å². The number of methoxy groups -OCH3 is 2. The van der Waals surface area contributed by atoms with Crippen LogP contribution in [0.4, 0.5) is 11.4 Å². The van der Waals surface area contributed by atoms with E-state index in [0.29, 0.717) is 136 Å². The van der Waals surface area contributed by atoms with Crippen molar-refractivity contribution in [3.05, 3.63) is 165 Å². The fraction of sp³-hybridized carbons (Fsp3) is 0.270. The van der Waals surface area contributed by atoms with Gasteiger partial charge in [0.25, 0.3) is 0 Å². The van der Waals surface area contributed by atoms with Crippen molar-refractivity contribution in [2.75, 3.05) is 37.9 Å². The maximum Gasteiger partial charge on any atom is 2.00 e. The number of anilines is 2. The first-order chi connectivity index (χ1) is 45.7. The summed E-state index contributed by atoms with van der Waals surface area (Å²) in [6.45, 7) is 30.3. The Balaban J connectivity index is 0.000000356. The molecule has 2 radical (unpaired) electrons. The normalized spacial score (nSPS) is 12.2. The Labute approximate surface area is 627 Å². The van der Waals surface area contributed by atoms with Crippen LogP contribution in [-0.4, -0.2) is 98.4 Å². The van der Waals surface area contributed by atoms with E-state index in [0.717, 1.165) is 66.8 Å². The van der Waals surface area contributed by atoms with Crippen LogP contribution >= 0.6 is 0 Å². The van der Waals surface area contributed by atoms with Crippen LogP contribution in [0.25, 0.3) is 101 Å². The average molecular weight is 1470 g/mol. The molecular formula is C74H73ClCo2N10NaO12-. The zero-order valence-corrected chi connectivity index (χ0v) is 62.1. The van der Waals surface area contributed by atoms with Gasteiger partial charge in [0.05, 0.1) is 72.3 Å². The van der Waals surface area contributed by atoms with Crippen LogP contribution in [0, 0.1) is 27.7 Å². The van der Waals surface area contributed by atoms with Crippen LogP contribution in [0.3, 0.4) is 0 Å². The molecule has 4 aliphatic rings. The van der Waals surface area contributed by atoms with Crippen molar-refractivity contribution < 1.29 is 134 Å². The largest absolute Gasteiger partial charge is 2.00 e. The maximum atomic E-state index is 12.4. The number of allylic oxidation sites excluding steroid dienone is 10. The molecule has 0 amide bonds.